The molecule has 0 saturated carbocycles. The molecule has 0 aromatic heterocycles. The van der Waals surface area contributed by atoms with Gasteiger partial charge in [0, 0.05) is 23.7 Å². The predicted molar refractivity (Wildman–Crippen MR) is 58.1 cm³/mol. The molecule has 0 aliphatic carbocycles. The van der Waals surface area contributed by atoms with Crippen LogP contribution in [0.5, 0.6) is 0 Å². The normalized spacial score (nSPS) is 9.50. The number of hydrogen-bond acceptors (Lipinski definition) is 2. The molecule has 64 valence electrons. The Morgan fingerprint density at radius 2 is 2.25 bits per heavy atom. The van der Waals surface area contributed by atoms with Gasteiger partial charge in [0.1, 0.15) is 0 Å². The summed E-state index contributed by atoms with van der Waals surface area (Å²) in [7, 11) is 1.91. The molecule has 0 spiro atoms. The van der Waals surface area contributed by atoms with Crippen LogP contribution in [0.2, 0.25) is 0 Å². The molecule has 2 heteroatoms. The van der Waals surface area contributed by atoms with Gasteiger partial charge in [-0.15, -0.1) is 0 Å². The molecule has 0 fully saturated rings. The molecule has 0 amide bonds. The van der Waals surface area contributed by atoms with Crippen molar-refractivity contribution in [2.75, 3.05) is 12.4 Å². The summed E-state index contributed by atoms with van der Waals surface area (Å²) < 4.78 is 0. The van der Waals surface area contributed by atoms with Gasteiger partial charge < -0.3 is 5.32 Å². The fraction of sp³-hybridized carbons (Fsp3) is 0.300. The van der Waals surface area contributed by atoms with Crippen molar-refractivity contribution in [2.45, 2.75) is 13.3 Å². The van der Waals surface area contributed by atoms with Gasteiger partial charge >= 0.3 is 0 Å². The zero-order chi connectivity index (χ0) is 8.97. The Morgan fingerprint density at radius 3 is 2.75 bits per heavy atom. The highest BCUT2D eigenvalue weighted by Crippen LogP contribution is 2.15. The highest BCUT2D eigenvalue weighted by molar-refractivity contribution is 7.79. The van der Waals surface area contributed by atoms with Gasteiger partial charge in [0.2, 0.25) is 0 Å². The van der Waals surface area contributed by atoms with Gasteiger partial charge in [-0.25, -0.2) is 0 Å². The highest BCUT2D eigenvalue weighted by Gasteiger charge is 1.97. The highest BCUT2D eigenvalue weighted by atomic mass is 32.1. The van der Waals surface area contributed by atoms with E-state index in [1.54, 1.807) is 5.37 Å². The Balaban J connectivity index is 3.10. The van der Waals surface area contributed by atoms with Crippen molar-refractivity contribution in [1.29, 1.82) is 0 Å². The van der Waals surface area contributed by atoms with E-state index < -0.39 is 0 Å². The maximum Gasteiger partial charge on any atom is 0.0419 e. The van der Waals surface area contributed by atoms with E-state index in [4.69, 9.17) is 12.2 Å². The van der Waals surface area contributed by atoms with Gasteiger partial charge in [0.15, 0.2) is 0 Å². The van der Waals surface area contributed by atoms with Crippen LogP contribution in [0, 0.1) is 0 Å². The molecule has 1 aromatic rings. The molecule has 0 heterocycles. The van der Waals surface area contributed by atoms with Gasteiger partial charge in [-0.05, 0) is 24.1 Å². The number of hydrogen-bond donors (Lipinski definition) is 1. The largest absolute Gasteiger partial charge is 0.388 e. The van der Waals surface area contributed by atoms with Gasteiger partial charge in [0.25, 0.3) is 0 Å². The number of thiocarbonyl (C=S) groups is 1. The van der Waals surface area contributed by atoms with Crippen LogP contribution in [-0.2, 0) is 6.42 Å². The minimum Gasteiger partial charge on any atom is -0.388 e. The number of anilines is 1. The smallest absolute Gasteiger partial charge is 0.0419 e. The average Bonchev–Trinajstić information content (AvgIpc) is 2.16. The molecular formula is C10H13NS. The molecule has 0 atom stereocenters. The lowest BCUT2D eigenvalue weighted by molar-refractivity contribution is 1.14. The molecule has 0 saturated heterocycles. The van der Waals surface area contributed by atoms with Gasteiger partial charge in [-0.1, -0.05) is 25.2 Å². The Morgan fingerprint density at radius 1 is 1.50 bits per heavy atom. The summed E-state index contributed by atoms with van der Waals surface area (Å²) in [6.07, 6.45) is 1.06. The summed E-state index contributed by atoms with van der Waals surface area (Å²) in [5.41, 5.74) is 3.53. The van der Waals surface area contributed by atoms with E-state index >= 15 is 0 Å². The Bertz CT molecular complexity index is 281. The van der Waals surface area contributed by atoms with E-state index in [1.165, 1.54) is 5.56 Å². The monoisotopic (exact) mass is 179 g/mol. The average molecular weight is 179 g/mol. The van der Waals surface area contributed by atoms with Gasteiger partial charge in [-0.2, -0.15) is 0 Å². The maximum absolute atomic E-state index is 4.91. The molecule has 0 unspecified atom stereocenters. The molecule has 1 rings (SSSR count). The van der Waals surface area contributed by atoms with Crippen molar-refractivity contribution in [2.24, 2.45) is 0 Å². The third-order valence-corrected chi connectivity index (χ3v) is 2.17. The fourth-order valence-corrected chi connectivity index (χ4v) is 1.35. The topological polar surface area (TPSA) is 12.0 Å². The molecule has 0 radical (unpaired) electrons. The van der Waals surface area contributed by atoms with E-state index in [-0.39, 0.29) is 0 Å². The van der Waals surface area contributed by atoms with Crippen molar-refractivity contribution in [3.8, 4) is 0 Å². The van der Waals surface area contributed by atoms with Crippen LogP contribution in [0.15, 0.2) is 18.2 Å². The first kappa shape index (κ1) is 9.20. The van der Waals surface area contributed by atoms with Crippen LogP contribution in [0.3, 0.4) is 0 Å². The molecule has 1 N–H and O–H groups in total. The maximum atomic E-state index is 4.91. The molecular weight excluding hydrogens is 166 g/mol. The summed E-state index contributed by atoms with van der Waals surface area (Å²) in [6.45, 7) is 2.14. The first-order valence-electron chi connectivity index (χ1n) is 4.07. The van der Waals surface area contributed by atoms with Crippen molar-refractivity contribution >= 4 is 23.3 Å². The lowest BCUT2D eigenvalue weighted by Crippen LogP contribution is -1.94. The quantitative estimate of drug-likeness (QED) is 0.716. The van der Waals surface area contributed by atoms with E-state index in [1.807, 2.05) is 7.05 Å². The zero-order valence-corrected chi connectivity index (χ0v) is 8.24. The Hall–Kier alpha value is -0.890. The van der Waals surface area contributed by atoms with Crippen molar-refractivity contribution in [3.05, 3.63) is 29.3 Å². The van der Waals surface area contributed by atoms with E-state index in [0.717, 1.165) is 17.7 Å². The van der Waals surface area contributed by atoms with Crippen LogP contribution in [0.1, 0.15) is 18.1 Å². The third-order valence-electron chi connectivity index (χ3n) is 1.92. The summed E-state index contributed by atoms with van der Waals surface area (Å²) >= 11 is 4.91. The zero-order valence-electron chi connectivity index (χ0n) is 7.42. The summed E-state index contributed by atoms with van der Waals surface area (Å²) in [4.78, 5) is 0. The number of aryl methyl sites for hydroxylation is 1. The van der Waals surface area contributed by atoms with Gasteiger partial charge in [0.05, 0.1) is 0 Å². The molecule has 0 aliphatic heterocycles. The number of benzene rings is 1. The molecule has 12 heavy (non-hydrogen) atoms. The van der Waals surface area contributed by atoms with Crippen LogP contribution >= 0.6 is 12.2 Å². The predicted octanol–water partition coefficient (Wildman–Crippen LogP) is 2.64. The van der Waals surface area contributed by atoms with Crippen molar-refractivity contribution in [3.63, 3.8) is 0 Å². The fourth-order valence-electron chi connectivity index (χ4n) is 1.16. The number of nitrogens with one attached hydrogen (secondary N) is 1. The minimum atomic E-state index is 1.06. The molecule has 0 bridgehead atoms. The Kier molecular flexibility index (Phi) is 3.23. The third kappa shape index (κ3) is 1.83. The number of rotatable bonds is 3. The van der Waals surface area contributed by atoms with Crippen LogP contribution < -0.4 is 5.32 Å². The second kappa shape index (κ2) is 4.21. The van der Waals surface area contributed by atoms with E-state index in [0.29, 0.717) is 0 Å². The van der Waals surface area contributed by atoms with Crippen LogP contribution in [-0.4, -0.2) is 12.4 Å². The minimum absolute atomic E-state index is 1.06. The summed E-state index contributed by atoms with van der Waals surface area (Å²) in [5.74, 6) is 0. The van der Waals surface area contributed by atoms with Crippen molar-refractivity contribution < 1.29 is 0 Å². The molecule has 1 nitrogen and oxygen atoms in total. The summed E-state index contributed by atoms with van der Waals surface area (Å²) in [6, 6.07) is 6.31. The van der Waals surface area contributed by atoms with E-state index in [2.05, 4.69) is 30.4 Å². The lowest BCUT2D eigenvalue weighted by Gasteiger charge is -2.05. The van der Waals surface area contributed by atoms with E-state index in [9.17, 15) is 0 Å². The first-order valence-corrected chi connectivity index (χ1v) is 4.54. The lowest BCUT2D eigenvalue weighted by atomic mass is 10.1. The van der Waals surface area contributed by atoms with Crippen LogP contribution in [0.4, 0.5) is 5.69 Å². The first-order chi connectivity index (χ1) is 5.81. The summed E-state index contributed by atoms with van der Waals surface area (Å²) in [5, 5.41) is 4.81. The molecule has 0 aliphatic rings. The second-order valence-corrected chi connectivity index (χ2v) is 2.88. The van der Waals surface area contributed by atoms with Crippen molar-refractivity contribution in [1.82, 2.24) is 0 Å². The molecule has 1 aromatic carbocycles. The Labute approximate surface area is 78.8 Å². The second-order valence-electron chi connectivity index (χ2n) is 2.64. The standard InChI is InChI=1S/C10H13NS/c1-3-8-4-5-10(11-2)9(6-8)7-12/h4-7,11H,3H2,1-2H3. The van der Waals surface area contributed by atoms with Gasteiger partial charge in [-0.3, -0.25) is 0 Å². The SMILES string of the molecule is CCc1ccc(NC)c(C=S)c1. The van der Waals surface area contributed by atoms with Crippen LogP contribution in [0.25, 0.3) is 0 Å².